The SMILES string of the molecule is C[C@@H](O[Si](C)(C)C(C)(C)C)[C@H]1C(=O)N2C(C(=O)O)=C(SCCO)S[C@H]12. The highest BCUT2D eigenvalue weighted by Gasteiger charge is 2.59. The van der Waals surface area contributed by atoms with E-state index in [1.54, 1.807) is 0 Å². The smallest absolute Gasteiger partial charge is 0.354 e. The molecule has 0 aromatic carbocycles. The number of thioether (sulfide) groups is 2. The fourth-order valence-corrected chi connectivity index (χ4v) is 6.85. The monoisotopic (exact) mass is 405 g/mol. The lowest BCUT2D eigenvalue weighted by Gasteiger charge is -2.48. The summed E-state index contributed by atoms with van der Waals surface area (Å²) in [6.07, 6.45) is -0.251. The number of fused-ring (bicyclic) bond motifs is 1. The van der Waals surface area contributed by atoms with Crippen molar-refractivity contribution in [1.29, 1.82) is 0 Å². The predicted octanol–water partition coefficient (Wildman–Crippen LogP) is 2.91. The minimum Gasteiger partial charge on any atom is -0.477 e. The number of carbonyl (C=O) groups is 2. The van der Waals surface area contributed by atoms with Crippen LogP contribution in [0, 0.1) is 5.92 Å². The van der Waals surface area contributed by atoms with Gasteiger partial charge in [0.05, 0.1) is 22.9 Å². The molecule has 3 atom stereocenters. The van der Waals surface area contributed by atoms with Crippen LogP contribution < -0.4 is 0 Å². The van der Waals surface area contributed by atoms with E-state index in [2.05, 4.69) is 33.9 Å². The van der Waals surface area contributed by atoms with Crippen molar-refractivity contribution in [3.63, 3.8) is 0 Å². The van der Waals surface area contributed by atoms with Gasteiger partial charge in [-0.15, -0.1) is 11.8 Å². The molecule has 2 aliphatic heterocycles. The Morgan fingerprint density at radius 1 is 1.44 bits per heavy atom. The molecule has 2 rings (SSSR count). The predicted molar refractivity (Wildman–Crippen MR) is 104 cm³/mol. The number of carboxylic acids is 1. The molecular weight excluding hydrogens is 378 g/mol. The normalized spacial score (nSPS) is 25.1. The molecule has 0 aromatic heterocycles. The lowest BCUT2D eigenvalue weighted by atomic mass is 9.92. The first-order valence-electron chi connectivity index (χ1n) is 8.31. The van der Waals surface area contributed by atoms with E-state index in [0.717, 1.165) is 0 Å². The molecule has 0 aliphatic carbocycles. The third-order valence-corrected chi connectivity index (χ3v) is 12.3. The summed E-state index contributed by atoms with van der Waals surface area (Å²) in [5, 5.41) is 18.3. The summed E-state index contributed by atoms with van der Waals surface area (Å²) in [5.41, 5.74) is 0.0502. The molecule has 0 unspecified atom stereocenters. The average molecular weight is 406 g/mol. The van der Waals surface area contributed by atoms with Gasteiger partial charge in [0, 0.05) is 5.75 Å². The molecule has 0 radical (unpaired) electrons. The Hall–Kier alpha value is -0.483. The van der Waals surface area contributed by atoms with Crippen LogP contribution in [0.4, 0.5) is 0 Å². The highest BCUT2D eigenvalue weighted by molar-refractivity contribution is 8.22. The van der Waals surface area contributed by atoms with Crippen LogP contribution in [0.1, 0.15) is 27.7 Å². The Kier molecular flexibility index (Phi) is 6.05. The van der Waals surface area contributed by atoms with Gasteiger partial charge in [-0.2, -0.15) is 0 Å². The minimum absolute atomic E-state index is 0.0332. The number of aliphatic carboxylic acids is 1. The summed E-state index contributed by atoms with van der Waals surface area (Å²) >= 11 is 2.69. The van der Waals surface area contributed by atoms with Gasteiger partial charge in [-0.1, -0.05) is 32.5 Å². The summed E-state index contributed by atoms with van der Waals surface area (Å²) < 4.78 is 6.96. The second-order valence-corrected chi connectivity index (χ2v) is 15.1. The van der Waals surface area contributed by atoms with Crippen molar-refractivity contribution < 1.29 is 24.2 Å². The van der Waals surface area contributed by atoms with Crippen molar-refractivity contribution in [1.82, 2.24) is 4.90 Å². The van der Waals surface area contributed by atoms with E-state index >= 15 is 0 Å². The molecule has 142 valence electrons. The van der Waals surface area contributed by atoms with Gasteiger partial charge in [-0.25, -0.2) is 4.79 Å². The topological polar surface area (TPSA) is 87.1 Å². The van der Waals surface area contributed by atoms with Gasteiger partial charge in [0.1, 0.15) is 5.37 Å². The van der Waals surface area contributed by atoms with Crippen LogP contribution in [0.5, 0.6) is 0 Å². The van der Waals surface area contributed by atoms with Crippen molar-refractivity contribution in [2.75, 3.05) is 12.4 Å². The number of hydrogen-bond donors (Lipinski definition) is 2. The summed E-state index contributed by atoms with van der Waals surface area (Å²) in [4.78, 5) is 25.6. The maximum Gasteiger partial charge on any atom is 0.354 e. The van der Waals surface area contributed by atoms with E-state index < -0.39 is 14.3 Å². The van der Waals surface area contributed by atoms with Crippen LogP contribution in [0.3, 0.4) is 0 Å². The molecule has 1 fully saturated rings. The van der Waals surface area contributed by atoms with Crippen LogP contribution in [-0.4, -0.2) is 59.1 Å². The van der Waals surface area contributed by atoms with Crippen molar-refractivity contribution >= 4 is 43.7 Å². The molecule has 0 saturated carbocycles. The third kappa shape index (κ3) is 3.80. The molecule has 2 N–H and O–H groups in total. The van der Waals surface area contributed by atoms with Crippen molar-refractivity contribution in [3.8, 4) is 0 Å². The molecule has 0 spiro atoms. The van der Waals surface area contributed by atoms with Gasteiger partial charge in [0.2, 0.25) is 5.91 Å². The summed E-state index contributed by atoms with van der Waals surface area (Å²) in [7, 11) is -2.01. The van der Waals surface area contributed by atoms with Crippen molar-refractivity contribution in [2.45, 2.75) is 57.3 Å². The maximum atomic E-state index is 12.6. The highest BCUT2D eigenvalue weighted by atomic mass is 32.2. The molecule has 9 heteroatoms. The van der Waals surface area contributed by atoms with Crippen LogP contribution in [0.15, 0.2) is 9.93 Å². The average Bonchev–Trinajstić information content (AvgIpc) is 2.77. The number of carboxylic acid groups (broad SMARTS) is 1. The van der Waals surface area contributed by atoms with E-state index in [4.69, 9.17) is 9.53 Å². The fraction of sp³-hybridized carbons (Fsp3) is 0.750. The standard InChI is InChI=1S/C16H27NO5S2Si/c1-9(22-25(5,6)16(2,3)4)10-12(19)17-11(14(20)21)15(23-8-7-18)24-13(10)17/h9-10,13,18H,7-8H2,1-6H3,(H,20,21)/t9-,10+,13-/m1/s1. The van der Waals surface area contributed by atoms with Gasteiger partial charge >= 0.3 is 5.97 Å². The van der Waals surface area contributed by atoms with Crippen LogP contribution >= 0.6 is 23.5 Å². The van der Waals surface area contributed by atoms with E-state index in [-0.39, 0.29) is 40.6 Å². The number of rotatable bonds is 7. The van der Waals surface area contributed by atoms with Gasteiger partial charge in [0.15, 0.2) is 14.0 Å². The summed E-state index contributed by atoms with van der Waals surface area (Å²) in [5.74, 6) is -1.20. The number of carbonyl (C=O) groups excluding carboxylic acids is 1. The number of nitrogens with zero attached hydrogens (tertiary/aromatic N) is 1. The third-order valence-electron chi connectivity index (χ3n) is 5.07. The largest absolute Gasteiger partial charge is 0.477 e. The fourth-order valence-electron chi connectivity index (χ4n) is 2.69. The van der Waals surface area contributed by atoms with Crippen molar-refractivity contribution in [2.24, 2.45) is 5.92 Å². The first kappa shape index (κ1) is 20.8. The zero-order valence-electron chi connectivity index (χ0n) is 15.5. The van der Waals surface area contributed by atoms with Gasteiger partial charge < -0.3 is 14.6 Å². The summed E-state index contributed by atoms with van der Waals surface area (Å²) in [6, 6.07) is 0. The Labute approximate surface area is 158 Å². The Bertz CT molecular complexity index is 602. The molecule has 25 heavy (non-hydrogen) atoms. The lowest BCUT2D eigenvalue weighted by Crippen LogP contribution is -2.62. The minimum atomic E-state index is -2.01. The van der Waals surface area contributed by atoms with E-state index in [1.807, 2.05) is 6.92 Å². The second-order valence-electron chi connectivity index (χ2n) is 7.84. The first-order chi connectivity index (χ1) is 11.4. The van der Waals surface area contributed by atoms with E-state index in [0.29, 0.717) is 9.99 Å². The number of aliphatic hydroxyl groups is 1. The second kappa shape index (κ2) is 7.26. The molecule has 1 saturated heterocycles. The number of aliphatic hydroxyl groups excluding tert-OH is 1. The van der Waals surface area contributed by atoms with Crippen LogP contribution in [0.2, 0.25) is 18.1 Å². The Morgan fingerprint density at radius 3 is 2.52 bits per heavy atom. The van der Waals surface area contributed by atoms with E-state index in [1.165, 1.54) is 28.4 Å². The molecule has 2 aliphatic rings. The first-order valence-corrected chi connectivity index (χ1v) is 13.1. The number of amides is 1. The van der Waals surface area contributed by atoms with E-state index in [9.17, 15) is 14.7 Å². The van der Waals surface area contributed by atoms with Crippen LogP contribution in [0.25, 0.3) is 0 Å². The quantitative estimate of drug-likeness (QED) is 0.497. The molecule has 1 amide bonds. The van der Waals surface area contributed by atoms with Gasteiger partial charge in [0.25, 0.3) is 0 Å². The van der Waals surface area contributed by atoms with Crippen LogP contribution in [-0.2, 0) is 14.0 Å². The van der Waals surface area contributed by atoms with Gasteiger partial charge in [-0.3, -0.25) is 9.69 Å². The summed E-state index contributed by atoms with van der Waals surface area (Å²) in [6.45, 7) is 12.6. The molecule has 0 aromatic rings. The Morgan fingerprint density at radius 2 is 2.04 bits per heavy atom. The molecule has 2 heterocycles. The highest BCUT2D eigenvalue weighted by Crippen LogP contribution is 2.54. The van der Waals surface area contributed by atoms with Crippen molar-refractivity contribution in [3.05, 3.63) is 9.93 Å². The lowest BCUT2D eigenvalue weighted by molar-refractivity contribution is -0.156. The van der Waals surface area contributed by atoms with Gasteiger partial charge in [-0.05, 0) is 25.1 Å². The zero-order chi connectivity index (χ0) is 19.2. The molecular formula is C16H27NO5S2Si. The number of β-lactam (4-membered cyclic amide) rings is 1. The Balaban J connectivity index is 2.14. The zero-order valence-corrected chi connectivity index (χ0v) is 18.2. The molecule has 6 nitrogen and oxygen atoms in total. The maximum absolute atomic E-state index is 12.6. The molecule has 0 bridgehead atoms. The number of hydrogen-bond acceptors (Lipinski definition) is 6.